The third-order valence-corrected chi connectivity index (χ3v) is 2.77. The van der Waals surface area contributed by atoms with E-state index in [1.54, 1.807) is 11.8 Å². The van der Waals surface area contributed by atoms with E-state index < -0.39 is 11.5 Å². The minimum atomic E-state index is -1.00. The molecule has 0 saturated heterocycles. The van der Waals surface area contributed by atoms with Crippen LogP contribution in [0.3, 0.4) is 0 Å². The van der Waals surface area contributed by atoms with Gasteiger partial charge in [0.25, 0.3) is 0 Å². The molecule has 0 rings (SSSR count). The Bertz CT molecular complexity index is 154. The van der Waals surface area contributed by atoms with Gasteiger partial charge in [0.2, 0.25) is 0 Å². The number of unbranched alkanes of at least 4 members (excludes halogenated alkanes) is 1. The lowest BCUT2D eigenvalue weighted by Gasteiger charge is -2.23. The van der Waals surface area contributed by atoms with E-state index in [1.165, 1.54) is 0 Å². The van der Waals surface area contributed by atoms with Crippen LogP contribution in [0.5, 0.6) is 0 Å². The first kappa shape index (κ1) is 12.8. The molecule has 0 aromatic rings. The quantitative estimate of drug-likeness (QED) is 0.664. The second kappa shape index (κ2) is 6.27. The Hall–Kier alpha value is -0.220. The first-order valence-electron chi connectivity index (χ1n) is 4.58. The topological polar surface area (TPSA) is 63.3 Å². The number of hydrogen-bond donors (Lipinski definition) is 2. The molecule has 13 heavy (non-hydrogen) atoms. The molecule has 0 aliphatic carbocycles. The highest BCUT2D eigenvalue weighted by atomic mass is 32.2. The van der Waals surface area contributed by atoms with Gasteiger partial charge in [0.15, 0.2) is 0 Å². The summed E-state index contributed by atoms with van der Waals surface area (Å²) in [5, 5.41) is 8.95. The number of rotatable bonds is 7. The van der Waals surface area contributed by atoms with Crippen molar-refractivity contribution in [1.82, 2.24) is 0 Å². The molecule has 1 atom stereocenters. The molecule has 3 N–H and O–H groups in total. The lowest BCUT2D eigenvalue weighted by Crippen LogP contribution is -2.48. The maximum Gasteiger partial charge on any atom is 0.323 e. The van der Waals surface area contributed by atoms with Crippen molar-refractivity contribution in [2.45, 2.75) is 38.1 Å². The highest BCUT2D eigenvalue weighted by Gasteiger charge is 2.32. The SMILES string of the molecule is CCCC[C@](N)(CCSC)C(=O)O. The minimum Gasteiger partial charge on any atom is -0.480 e. The molecule has 0 saturated carbocycles. The highest BCUT2D eigenvalue weighted by molar-refractivity contribution is 7.98. The van der Waals surface area contributed by atoms with Gasteiger partial charge >= 0.3 is 5.97 Å². The lowest BCUT2D eigenvalue weighted by atomic mass is 9.91. The van der Waals surface area contributed by atoms with Gasteiger partial charge in [0.1, 0.15) is 5.54 Å². The standard InChI is InChI=1S/C9H19NO2S/c1-3-4-5-9(10,8(11)12)6-7-13-2/h3-7,10H2,1-2H3,(H,11,12)/t9-/m0/s1. The molecule has 0 heterocycles. The van der Waals surface area contributed by atoms with E-state index in [4.69, 9.17) is 10.8 Å². The molecule has 3 nitrogen and oxygen atoms in total. The first-order valence-corrected chi connectivity index (χ1v) is 5.97. The smallest absolute Gasteiger partial charge is 0.323 e. The van der Waals surface area contributed by atoms with E-state index in [0.717, 1.165) is 18.6 Å². The third kappa shape index (κ3) is 4.52. The fourth-order valence-corrected chi connectivity index (χ4v) is 1.68. The van der Waals surface area contributed by atoms with Crippen LogP contribution in [0.1, 0.15) is 32.6 Å². The maximum absolute atomic E-state index is 10.9. The third-order valence-electron chi connectivity index (χ3n) is 2.15. The van der Waals surface area contributed by atoms with Gasteiger partial charge in [0.05, 0.1) is 0 Å². The van der Waals surface area contributed by atoms with Crippen molar-refractivity contribution in [3.8, 4) is 0 Å². The van der Waals surface area contributed by atoms with E-state index in [9.17, 15) is 4.79 Å². The van der Waals surface area contributed by atoms with Crippen LogP contribution in [0.2, 0.25) is 0 Å². The molecule has 0 aliphatic heterocycles. The zero-order valence-corrected chi connectivity index (χ0v) is 9.19. The van der Waals surface area contributed by atoms with Gasteiger partial charge in [0, 0.05) is 0 Å². The van der Waals surface area contributed by atoms with E-state index >= 15 is 0 Å². The Kier molecular flexibility index (Phi) is 6.16. The zero-order valence-electron chi connectivity index (χ0n) is 8.38. The van der Waals surface area contributed by atoms with Crippen molar-refractivity contribution in [3.63, 3.8) is 0 Å². The predicted molar refractivity (Wildman–Crippen MR) is 57.1 cm³/mol. The van der Waals surface area contributed by atoms with E-state index in [1.807, 2.05) is 13.2 Å². The van der Waals surface area contributed by atoms with Crippen molar-refractivity contribution < 1.29 is 9.90 Å². The summed E-state index contributed by atoms with van der Waals surface area (Å²) in [5.74, 6) is -0.0537. The Morgan fingerprint density at radius 3 is 2.54 bits per heavy atom. The van der Waals surface area contributed by atoms with E-state index in [2.05, 4.69) is 0 Å². The lowest BCUT2D eigenvalue weighted by molar-refractivity contribution is -0.143. The monoisotopic (exact) mass is 205 g/mol. The Morgan fingerprint density at radius 1 is 1.54 bits per heavy atom. The van der Waals surface area contributed by atoms with E-state index in [0.29, 0.717) is 12.8 Å². The summed E-state index contributed by atoms with van der Waals surface area (Å²) < 4.78 is 0. The summed E-state index contributed by atoms with van der Waals surface area (Å²) in [6, 6.07) is 0. The highest BCUT2D eigenvalue weighted by Crippen LogP contribution is 2.18. The molecule has 0 fully saturated rings. The van der Waals surface area contributed by atoms with Gasteiger partial charge in [-0.05, 0) is 24.9 Å². The van der Waals surface area contributed by atoms with Crippen LogP contribution >= 0.6 is 11.8 Å². The Balaban J connectivity index is 4.08. The van der Waals surface area contributed by atoms with Gasteiger partial charge in [-0.3, -0.25) is 4.79 Å². The van der Waals surface area contributed by atoms with Gasteiger partial charge in [-0.2, -0.15) is 11.8 Å². The molecule has 78 valence electrons. The largest absolute Gasteiger partial charge is 0.480 e. The van der Waals surface area contributed by atoms with Gasteiger partial charge in [-0.1, -0.05) is 19.8 Å². The maximum atomic E-state index is 10.9. The number of carboxylic acid groups (broad SMARTS) is 1. The second-order valence-corrected chi connectivity index (χ2v) is 4.29. The zero-order chi connectivity index (χ0) is 10.3. The number of nitrogens with two attached hydrogens (primary N) is 1. The van der Waals surface area contributed by atoms with Crippen LogP contribution in [0.4, 0.5) is 0 Å². The second-order valence-electron chi connectivity index (χ2n) is 3.31. The van der Waals surface area contributed by atoms with Crippen molar-refractivity contribution in [2.24, 2.45) is 5.73 Å². The molecule has 0 bridgehead atoms. The average molecular weight is 205 g/mol. The molecule has 0 amide bonds. The normalized spacial score (nSPS) is 15.3. The fourth-order valence-electron chi connectivity index (χ4n) is 1.12. The van der Waals surface area contributed by atoms with Crippen LogP contribution in [0.15, 0.2) is 0 Å². The minimum absolute atomic E-state index is 0.559. The van der Waals surface area contributed by atoms with E-state index in [-0.39, 0.29) is 0 Å². The molecule has 0 radical (unpaired) electrons. The predicted octanol–water partition coefficient (Wildman–Crippen LogP) is 1.71. The summed E-state index contributed by atoms with van der Waals surface area (Å²) in [6.07, 6.45) is 4.98. The van der Waals surface area contributed by atoms with Crippen molar-refractivity contribution in [2.75, 3.05) is 12.0 Å². The molecule has 0 spiro atoms. The summed E-state index contributed by atoms with van der Waals surface area (Å²) >= 11 is 1.64. The van der Waals surface area contributed by atoms with Crippen molar-refractivity contribution >= 4 is 17.7 Å². The van der Waals surface area contributed by atoms with Crippen molar-refractivity contribution in [3.05, 3.63) is 0 Å². The van der Waals surface area contributed by atoms with Crippen LogP contribution in [-0.4, -0.2) is 28.6 Å². The molecule has 0 unspecified atom stereocenters. The fraction of sp³-hybridized carbons (Fsp3) is 0.889. The van der Waals surface area contributed by atoms with Crippen LogP contribution in [0, 0.1) is 0 Å². The summed E-state index contributed by atoms with van der Waals surface area (Å²) in [4.78, 5) is 10.9. The first-order chi connectivity index (χ1) is 6.06. The summed E-state index contributed by atoms with van der Waals surface area (Å²) in [7, 11) is 0. The van der Waals surface area contributed by atoms with Gasteiger partial charge in [-0.25, -0.2) is 0 Å². The molecule has 0 aromatic heterocycles. The van der Waals surface area contributed by atoms with Gasteiger partial charge < -0.3 is 10.8 Å². The Morgan fingerprint density at radius 2 is 2.15 bits per heavy atom. The van der Waals surface area contributed by atoms with Gasteiger partial charge in [-0.15, -0.1) is 0 Å². The Labute approximate surface area is 84.1 Å². The molecule has 4 heteroatoms. The van der Waals surface area contributed by atoms with Crippen LogP contribution in [0.25, 0.3) is 0 Å². The van der Waals surface area contributed by atoms with Crippen molar-refractivity contribution in [1.29, 1.82) is 0 Å². The summed E-state index contributed by atoms with van der Waals surface area (Å²) in [5.41, 5.74) is 4.80. The summed E-state index contributed by atoms with van der Waals surface area (Å²) in [6.45, 7) is 2.04. The van der Waals surface area contributed by atoms with Crippen LogP contribution in [-0.2, 0) is 4.79 Å². The number of carboxylic acids is 1. The van der Waals surface area contributed by atoms with Crippen LogP contribution < -0.4 is 5.73 Å². The molecular formula is C9H19NO2S. The number of thioether (sulfide) groups is 1. The number of carbonyl (C=O) groups is 1. The molecular weight excluding hydrogens is 186 g/mol. The number of aliphatic carboxylic acids is 1. The average Bonchev–Trinajstić information content (AvgIpc) is 2.11. The molecule has 0 aromatic carbocycles. The number of hydrogen-bond acceptors (Lipinski definition) is 3. The molecule has 0 aliphatic rings.